The molecule has 0 aliphatic heterocycles. The van der Waals surface area contributed by atoms with Gasteiger partial charge in [0.2, 0.25) is 0 Å². The lowest BCUT2D eigenvalue weighted by Crippen LogP contribution is -2.28. The van der Waals surface area contributed by atoms with E-state index in [1.807, 2.05) is 13.8 Å². The Morgan fingerprint density at radius 3 is 2.25 bits per heavy atom. The van der Waals surface area contributed by atoms with Gasteiger partial charge in [-0.3, -0.25) is 0 Å². The van der Waals surface area contributed by atoms with Gasteiger partial charge in [0.05, 0.1) is 6.61 Å². The molecular weight excluding hydrogens is 274 g/mol. The minimum atomic E-state index is -1.13. The van der Waals surface area contributed by atoms with Crippen LogP contribution in [0.4, 0.5) is 4.79 Å². The zero-order chi connectivity index (χ0) is 15.2. The van der Waals surface area contributed by atoms with Crippen LogP contribution < -0.4 is 5.32 Å². The van der Waals surface area contributed by atoms with Crippen LogP contribution in [0.15, 0.2) is 0 Å². The summed E-state index contributed by atoms with van der Waals surface area (Å²) in [5.74, 6) is 0. The first kappa shape index (κ1) is 19.4. The molecule has 20 heavy (non-hydrogen) atoms. The van der Waals surface area contributed by atoms with Crippen LogP contribution in [0, 0.1) is 0 Å². The number of carbonyl (C=O) groups is 1. The predicted octanol–water partition coefficient (Wildman–Crippen LogP) is 3.24. The van der Waals surface area contributed by atoms with Crippen molar-refractivity contribution < 1.29 is 18.4 Å². The van der Waals surface area contributed by atoms with Crippen LogP contribution in [0.3, 0.4) is 0 Å². The zero-order valence-electron chi connectivity index (χ0n) is 13.4. The largest absolute Gasteiger partial charge is 0.450 e. The van der Waals surface area contributed by atoms with Gasteiger partial charge in [0.15, 0.2) is 0 Å². The Balaban J connectivity index is 3.59. The van der Waals surface area contributed by atoms with Gasteiger partial charge in [-0.1, -0.05) is 19.8 Å². The van der Waals surface area contributed by atoms with Crippen molar-refractivity contribution in [2.24, 2.45) is 0 Å². The summed E-state index contributed by atoms with van der Waals surface area (Å²) in [7, 11) is -1.13. The molecule has 0 aromatic carbocycles. The third-order valence-electron chi connectivity index (χ3n) is 2.83. The third kappa shape index (κ3) is 10.2. The maximum Gasteiger partial charge on any atom is 0.407 e. The van der Waals surface area contributed by atoms with E-state index < -0.39 is 9.28 Å². The zero-order valence-corrected chi connectivity index (χ0v) is 14.4. The Bertz CT molecular complexity index is 235. The smallest absolute Gasteiger partial charge is 0.407 e. The number of nitrogens with one attached hydrogen (secondary N) is 1. The molecule has 0 aliphatic rings. The average Bonchev–Trinajstić information content (AvgIpc) is 2.42. The summed E-state index contributed by atoms with van der Waals surface area (Å²) in [5, 5.41) is 2.73. The van der Waals surface area contributed by atoms with Crippen molar-refractivity contribution >= 4 is 15.4 Å². The highest BCUT2D eigenvalue weighted by molar-refractivity contribution is 6.46. The Morgan fingerprint density at radius 1 is 1.05 bits per heavy atom. The minimum absolute atomic E-state index is 0.320. The minimum Gasteiger partial charge on any atom is -0.450 e. The molecule has 0 fully saturated rings. The van der Waals surface area contributed by atoms with Crippen LogP contribution >= 0.6 is 0 Å². The quantitative estimate of drug-likeness (QED) is 0.444. The van der Waals surface area contributed by atoms with Gasteiger partial charge >= 0.3 is 15.4 Å². The van der Waals surface area contributed by atoms with E-state index in [0.29, 0.717) is 18.7 Å². The summed E-state index contributed by atoms with van der Waals surface area (Å²) in [4.78, 5) is 11.1. The van der Waals surface area contributed by atoms with E-state index in [9.17, 15) is 4.79 Å². The summed E-state index contributed by atoms with van der Waals surface area (Å²) >= 11 is 0. The molecule has 0 aromatic rings. The fraction of sp³-hybridized carbons (Fsp3) is 0.929. The highest BCUT2D eigenvalue weighted by Crippen LogP contribution is 2.20. The van der Waals surface area contributed by atoms with Gasteiger partial charge in [-0.05, 0) is 33.6 Å². The van der Waals surface area contributed by atoms with Crippen LogP contribution in [0.25, 0.3) is 0 Å². The standard InChI is InChI=1S/C14H30NO4Si/c1-5-17-14(16)15-12-10-8-9-11-13(4)20(18-6-2)19-7-3/h13H,5-12H2,1-4H3,(H,15,16). The van der Waals surface area contributed by atoms with E-state index in [2.05, 4.69) is 12.2 Å². The second-order valence-corrected chi connectivity index (χ2v) is 6.78. The summed E-state index contributed by atoms with van der Waals surface area (Å²) in [6, 6.07) is 0. The molecule has 119 valence electrons. The highest BCUT2D eigenvalue weighted by atomic mass is 28.3. The second kappa shape index (κ2) is 13.4. The number of hydrogen-bond acceptors (Lipinski definition) is 4. The van der Waals surface area contributed by atoms with Crippen LogP contribution in [0.2, 0.25) is 5.54 Å². The van der Waals surface area contributed by atoms with Crippen LogP contribution in [-0.4, -0.2) is 41.7 Å². The first-order valence-corrected chi connectivity index (χ1v) is 9.08. The molecule has 0 saturated carbocycles. The van der Waals surface area contributed by atoms with Gasteiger partial charge in [0.25, 0.3) is 0 Å². The number of ether oxygens (including phenoxy) is 1. The lowest BCUT2D eigenvalue weighted by Gasteiger charge is -2.19. The number of hydrogen-bond donors (Lipinski definition) is 1. The van der Waals surface area contributed by atoms with Crippen molar-refractivity contribution in [2.45, 2.75) is 58.9 Å². The van der Waals surface area contributed by atoms with E-state index in [-0.39, 0.29) is 6.09 Å². The molecular formula is C14H30NO4Si. The van der Waals surface area contributed by atoms with E-state index in [4.69, 9.17) is 13.6 Å². The first-order chi connectivity index (χ1) is 9.65. The average molecular weight is 304 g/mol. The second-order valence-electron chi connectivity index (χ2n) is 4.58. The Morgan fingerprint density at radius 2 is 1.70 bits per heavy atom. The number of alkyl carbamates (subject to hydrolysis) is 1. The van der Waals surface area contributed by atoms with Crippen LogP contribution in [-0.2, 0) is 13.6 Å². The van der Waals surface area contributed by atoms with Crippen LogP contribution in [0.5, 0.6) is 0 Å². The highest BCUT2D eigenvalue weighted by Gasteiger charge is 2.22. The molecule has 0 aliphatic carbocycles. The van der Waals surface area contributed by atoms with Gasteiger partial charge in [0.1, 0.15) is 0 Å². The van der Waals surface area contributed by atoms with Crippen molar-refractivity contribution in [3.63, 3.8) is 0 Å². The molecule has 6 heteroatoms. The lowest BCUT2D eigenvalue weighted by molar-refractivity contribution is 0.152. The van der Waals surface area contributed by atoms with E-state index in [1.54, 1.807) is 6.92 Å². The molecule has 0 saturated heterocycles. The van der Waals surface area contributed by atoms with E-state index in [0.717, 1.165) is 38.9 Å². The van der Waals surface area contributed by atoms with E-state index in [1.165, 1.54) is 0 Å². The normalized spacial score (nSPS) is 12.4. The summed E-state index contributed by atoms with van der Waals surface area (Å²) < 4.78 is 16.2. The molecule has 0 bridgehead atoms. The molecule has 0 heterocycles. The molecule has 1 unspecified atom stereocenters. The number of carbonyl (C=O) groups excluding carboxylic acids is 1. The summed E-state index contributed by atoms with van der Waals surface area (Å²) in [6.45, 7) is 10.6. The lowest BCUT2D eigenvalue weighted by atomic mass is 10.1. The SMILES string of the molecule is CCOC(=O)NCCCCCC(C)[Si](OCC)OCC. The molecule has 1 amide bonds. The van der Waals surface area contributed by atoms with Crippen molar-refractivity contribution in [1.29, 1.82) is 0 Å². The summed E-state index contributed by atoms with van der Waals surface area (Å²) in [5.41, 5.74) is 0.498. The van der Waals surface area contributed by atoms with Crippen molar-refractivity contribution in [3.05, 3.63) is 0 Å². The van der Waals surface area contributed by atoms with Gasteiger partial charge < -0.3 is 18.9 Å². The fourth-order valence-corrected chi connectivity index (χ4v) is 3.51. The topological polar surface area (TPSA) is 56.8 Å². The molecule has 0 aromatic heterocycles. The summed E-state index contributed by atoms with van der Waals surface area (Å²) in [6.07, 6.45) is 4.02. The molecule has 0 spiro atoms. The van der Waals surface area contributed by atoms with E-state index >= 15 is 0 Å². The monoisotopic (exact) mass is 304 g/mol. The fourth-order valence-electron chi connectivity index (χ4n) is 1.85. The number of rotatable bonds is 12. The first-order valence-electron chi connectivity index (χ1n) is 7.68. The third-order valence-corrected chi connectivity index (χ3v) is 5.07. The Hall–Kier alpha value is -0.593. The predicted molar refractivity (Wildman–Crippen MR) is 81.9 cm³/mol. The van der Waals surface area contributed by atoms with Crippen LogP contribution in [0.1, 0.15) is 53.4 Å². The number of unbranched alkanes of at least 4 members (excludes halogenated alkanes) is 2. The van der Waals surface area contributed by atoms with Crippen molar-refractivity contribution in [3.8, 4) is 0 Å². The Labute approximate surface area is 125 Å². The van der Waals surface area contributed by atoms with Gasteiger partial charge in [-0.15, -0.1) is 0 Å². The molecule has 0 rings (SSSR count). The Kier molecular flexibility index (Phi) is 13.0. The number of amides is 1. The molecule has 1 atom stereocenters. The molecule has 1 N–H and O–H groups in total. The van der Waals surface area contributed by atoms with Crippen molar-refractivity contribution in [2.75, 3.05) is 26.4 Å². The maximum atomic E-state index is 11.1. The van der Waals surface area contributed by atoms with Gasteiger partial charge in [0, 0.05) is 25.3 Å². The van der Waals surface area contributed by atoms with Crippen molar-refractivity contribution in [1.82, 2.24) is 5.32 Å². The maximum absolute atomic E-state index is 11.1. The van der Waals surface area contributed by atoms with Gasteiger partial charge in [-0.25, -0.2) is 4.79 Å². The molecule has 1 radical (unpaired) electrons. The molecule has 5 nitrogen and oxygen atoms in total. The van der Waals surface area contributed by atoms with Gasteiger partial charge in [-0.2, -0.15) is 0 Å².